The lowest BCUT2D eigenvalue weighted by Gasteiger charge is -2.19. The normalized spacial score (nSPS) is 20.6. The van der Waals surface area contributed by atoms with Crippen LogP contribution in [0.4, 0.5) is 0 Å². The van der Waals surface area contributed by atoms with E-state index in [4.69, 9.17) is 72.7 Å². The molecule has 0 heteroatoms. The van der Waals surface area contributed by atoms with E-state index in [1.165, 1.54) is 0 Å². The average Bonchev–Trinajstić information content (AvgIpc) is 0.684. The van der Waals surface area contributed by atoms with E-state index in [9.17, 15) is 39.8 Å². The third kappa shape index (κ3) is 13.4. The third-order valence-corrected chi connectivity index (χ3v) is 19.9. The van der Waals surface area contributed by atoms with Gasteiger partial charge in [-0.25, -0.2) is 0 Å². The number of benzene rings is 25. The van der Waals surface area contributed by atoms with E-state index in [2.05, 4.69) is 0 Å². The summed E-state index contributed by atoms with van der Waals surface area (Å²) in [6.07, 6.45) is 0. The van der Waals surface area contributed by atoms with Gasteiger partial charge in [-0.15, -0.1) is 0 Å². The topological polar surface area (TPSA) is 0 Å². The zero-order chi connectivity index (χ0) is 155. The summed E-state index contributed by atoms with van der Waals surface area (Å²) >= 11 is 0. The molecule has 0 nitrogen and oxygen atoms in total. The molecule has 0 saturated carbocycles. The zero-order valence-electron chi connectivity index (χ0n) is 145. The minimum atomic E-state index is -1.17. The molecular formula is C126H82. The highest BCUT2D eigenvalue weighted by atomic mass is 14.3. The van der Waals surface area contributed by atoms with Gasteiger partial charge in [-0.1, -0.05) is 459 Å². The summed E-state index contributed by atoms with van der Waals surface area (Å²) < 4.78 is 732. The Labute approximate surface area is 848 Å². The van der Waals surface area contributed by atoms with Gasteiger partial charge in [-0.05, 0) is 277 Å². The molecule has 0 heterocycles. The Bertz CT molecular complexity index is 13600. The van der Waals surface area contributed by atoms with Gasteiger partial charge in [0.2, 0.25) is 0 Å². The molecule has 126 heavy (non-hydrogen) atoms. The summed E-state index contributed by atoms with van der Waals surface area (Å²) in [6.45, 7) is 0. The van der Waals surface area contributed by atoms with Gasteiger partial charge >= 0.3 is 0 Å². The van der Waals surface area contributed by atoms with Crippen LogP contribution in [0.2, 0.25) is 0 Å². The van der Waals surface area contributed by atoms with Crippen LogP contribution in [0.5, 0.6) is 0 Å². The molecule has 0 amide bonds. The highest BCUT2D eigenvalue weighted by Crippen LogP contribution is 2.51. The summed E-state index contributed by atoms with van der Waals surface area (Å²) in [6, 6.07) is -79.0. The Hall–Kier alpha value is -16.4. The van der Waals surface area contributed by atoms with E-state index >= 15 is 0 Å². The van der Waals surface area contributed by atoms with Crippen molar-refractivity contribution in [1.29, 1.82) is 0 Å². The zero-order valence-corrected chi connectivity index (χ0v) is 63.0. The van der Waals surface area contributed by atoms with E-state index < -0.39 is 736 Å². The first kappa shape index (κ1) is 28.3. The van der Waals surface area contributed by atoms with Crippen LogP contribution in [-0.4, -0.2) is 0 Å². The first-order chi connectivity index (χ1) is 96.7. The Morgan fingerprint density at radius 3 is 0.706 bits per heavy atom. The van der Waals surface area contributed by atoms with Crippen molar-refractivity contribution in [3.05, 3.63) is 495 Å². The van der Waals surface area contributed by atoms with Gasteiger partial charge in [0.05, 0.1) is 112 Å². The summed E-state index contributed by atoms with van der Waals surface area (Å²) in [4.78, 5) is 0. The summed E-state index contributed by atoms with van der Waals surface area (Å²) in [5.41, 5.74) is -16.6. The maximum Gasteiger partial charge on any atom is 0.0636 e. The molecule has 0 spiro atoms. The van der Waals surface area contributed by atoms with Gasteiger partial charge in [-0.2, -0.15) is 0 Å². The maximum atomic E-state index is 9.97. The first-order valence-corrected chi connectivity index (χ1v) is 37.0. The summed E-state index contributed by atoms with van der Waals surface area (Å²) in [5.74, 6) is 0. The first-order valence-electron chi connectivity index (χ1n) is 78.0. The van der Waals surface area contributed by atoms with Gasteiger partial charge in [0.15, 0.2) is 0 Å². The lowest BCUT2D eigenvalue weighted by Crippen LogP contribution is -1.92. The van der Waals surface area contributed by atoms with Crippen LogP contribution in [0.25, 0.3) is 241 Å². The minimum absolute atomic E-state index is 0.541. The molecular weight excluding hydrogens is 1510 g/mol. The van der Waals surface area contributed by atoms with Gasteiger partial charge in [0.1, 0.15) is 0 Å². The van der Waals surface area contributed by atoms with Crippen LogP contribution < -0.4 is 0 Å². The van der Waals surface area contributed by atoms with Crippen molar-refractivity contribution in [1.82, 2.24) is 0 Å². The number of fused-ring (bicyclic) bond motifs is 13. The molecule has 0 atom stereocenters. The second-order valence-electron chi connectivity index (χ2n) is 26.8. The molecule has 0 fully saturated rings. The Kier molecular flexibility index (Phi) is 7.25. The number of rotatable bonds is 10. The lowest BCUT2D eigenvalue weighted by atomic mass is 9.84. The SMILES string of the molecule is [2H]c1c([2H])c(-c2c([2H])c([2H])c([2H])c3c([2H])c([2H])c([2H])c([2H])c23)c([2H])c(-c2c3c([2H])c([2H])c([2H])c([2H])c3c(-c3c([2H])c([2H])c4c([2H])c([2H])c([2H])c([2H])c4c3[2H])c3c([2H])c([2H])c([2H])c([2H])c23)c1[2H].[2H]c1c([2H])c(-c2c3c([2H])c([2H])c([2H])c([2H])c3c(-c3c([2H])c([2H])c4c([2H])c([2H])c([2H])c([2H])c4c3[2H])c3c([2H])c([2H])c([2H])c([2H])c23)c([2H])c(-c2c([2H])c([2H])c([2H])c3c2c([2H])c([2H])c2c([2H])c([2H])c([2H])c([2H])c23)c1[2H].[2H]c1c([2H])c([2H])c(-c2c([2H])c([2H])c(-c3c4c([2H])c([2H])c([2H])c([2H])c4c(-c4c([2H])c([2H])c5c([2H])c([2H])c([2H])c([2H])c5c4[2H])c4c([2H])c([2H])c([2H])c([2H])c34)c([2H])c2-c2c([2H])c([2H])c([2H])c([2H])c2[2H])c([2H])c1[2H]. The highest BCUT2D eigenvalue weighted by Gasteiger charge is 2.23. The smallest absolute Gasteiger partial charge is 0.0622 e. The predicted octanol–water partition coefficient (Wildman–Crippen LogP) is 35.6. The summed E-state index contributed by atoms with van der Waals surface area (Å²) in [7, 11) is 0. The van der Waals surface area contributed by atoms with Crippen molar-refractivity contribution in [2.24, 2.45) is 0 Å². The Balaban J connectivity index is 0.000000159. The van der Waals surface area contributed by atoms with Crippen LogP contribution in [0.1, 0.15) is 112 Å². The largest absolute Gasteiger partial charge is 0.0636 e. The molecule has 0 bridgehead atoms. The van der Waals surface area contributed by atoms with Crippen molar-refractivity contribution < 1.29 is 112 Å². The van der Waals surface area contributed by atoms with Gasteiger partial charge in [0, 0.05) is 0 Å². The van der Waals surface area contributed by atoms with Crippen LogP contribution in [0, 0.1) is 0 Å². The fourth-order valence-electron chi connectivity index (χ4n) is 14.6. The number of hydrogen-bond donors (Lipinski definition) is 0. The van der Waals surface area contributed by atoms with E-state index in [0.29, 0.717) is 0 Å². The molecule has 0 saturated heterocycles. The van der Waals surface area contributed by atoms with Gasteiger partial charge < -0.3 is 0 Å². The van der Waals surface area contributed by atoms with E-state index in [1.807, 2.05) is 0 Å². The minimum Gasteiger partial charge on any atom is -0.0622 e. The average molecular weight is 1680 g/mol. The van der Waals surface area contributed by atoms with Crippen LogP contribution >= 0.6 is 0 Å². The van der Waals surface area contributed by atoms with Crippen molar-refractivity contribution in [2.75, 3.05) is 0 Å². The van der Waals surface area contributed by atoms with Crippen LogP contribution in [0.3, 0.4) is 0 Å². The molecule has 0 aliphatic carbocycles. The van der Waals surface area contributed by atoms with Crippen LogP contribution in [-0.2, 0) is 0 Å². The molecule has 0 aromatic heterocycles. The van der Waals surface area contributed by atoms with Gasteiger partial charge in [0.25, 0.3) is 0 Å². The second-order valence-corrected chi connectivity index (χ2v) is 26.8. The Morgan fingerprint density at radius 2 is 0.325 bits per heavy atom. The van der Waals surface area contributed by atoms with E-state index in [1.54, 1.807) is 0 Å². The molecule has 0 aliphatic rings. The van der Waals surface area contributed by atoms with Crippen molar-refractivity contribution in [3.8, 4) is 111 Å². The molecule has 25 aromatic rings. The van der Waals surface area contributed by atoms with Gasteiger partial charge in [-0.3, -0.25) is 0 Å². The fraction of sp³-hybridized carbons (Fsp3) is 0. The Morgan fingerprint density at radius 1 is 0.0952 bits per heavy atom. The fourth-order valence-corrected chi connectivity index (χ4v) is 14.6. The molecule has 0 unspecified atom stereocenters. The summed E-state index contributed by atoms with van der Waals surface area (Å²) in [5, 5.41) is -16.5. The molecule has 586 valence electrons. The molecule has 0 aliphatic heterocycles. The molecule has 25 rings (SSSR count). The maximum absolute atomic E-state index is 9.97. The van der Waals surface area contributed by atoms with Crippen molar-refractivity contribution in [2.45, 2.75) is 0 Å². The lowest BCUT2D eigenvalue weighted by molar-refractivity contribution is 1.58. The van der Waals surface area contributed by atoms with Crippen molar-refractivity contribution >= 4 is 129 Å². The third-order valence-electron chi connectivity index (χ3n) is 19.9. The molecule has 0 N–H and O–H groups in total. The van der Waals surface area contributed by atoms with E-state index in [0.717, 1.165) is 0 Å². The molecule has 25 aromatic carbocycles. The quantitative estimate of drug-likeness (QED) is 0.0946. The monoisotopic (exact) mass is 1680 g/mol. The standard InChI is InChI=1S/C44H28.C42H28.C40H26/c1-2-13-31-27-34(24-23-29(31)11-1)44-41-19-7-5-17-39(41)43(40-18-6-8-20-42(40)44)33-15-9-14-32(28-33)36-21-10-22-37-35-16-4-3-12-30(35)25-26-38(36)37;1-3-14-30(15-4-1)35-26-25-34(28-40(35)31-16-5-2-6-17-31)42-38-21-11-9-19-36(38)41(37-20-10-12-22-39(37)42)33-24-23-29-13-7-8-18-32(29)27-33;1-2-13-29-25-32(24-23-27(29)11-1)40-37-20-7-5-18-35(37)39(36-19-6-8-21-38(36)40)31-16-9-15-30(26-31)34-22-10-14-28-12-3-4-17-33(28)34/h1-28H;1-28H;1-26H/i2*1D,2D,3D,4D,5D,6D,7D,8D,9D,10D,11D,12D,13D,14D,15D,16D,17D,18D,19D,20D,21D,22D,23D,24D,25D,26D,27D,28D;1D,2D,3D,4D,5D,6D,7D,8D,9D,10D,11D,12D,13D,14D,15D,16D,17D,18D,19D,20D,21D,22D,23D,24D,25D,26D. The van der Waals surface area contributed by atoms with Crippen LogP contribution in [0.15, 0.2) is 495 Å². The predicted molar refractivity (Wildman–Crippen MR) is 544 cm³/mol. The molecule has 0 radical (unpaired) electrons. The number of hydrogen-bond acceptors (Lipinski definition) is 0. The van der Waals surface area contributed by atoms with E-state index in [-0.39, 0.29) is 0 Å². The van der Waals surface area contributed by atoms with Crippen molar-refractivity contribution in [3.63, 3.8) is 0 Å². The highest BCUT2D eigenvalue weighted by molar-refractivity contribution is 6.26. The second kappa shape index (κ2) is 32.2.